The molecule has 4 heteroatoms. The van der Waals surface area contributed by atoms with Crippen LogP contribution in [-0.4, -0.2) is 47.4 Å². The Morgan fingerprint density at radius 1 is 0.650 bits per heavy atom. The molecule has 1 aromatic rings. The Kier molecular flexibility index (Phi) is 13.5. The van der Waals surface area contributed by atoms with Gasteiger partial charge in [-0.15, -0.1) is 0 Å². The van der Waals surface area contributed by atoms with Crippen molar-refractivity contribution < 1.29 is 14.5 Å². The fourth-order valence-corrected chi connectivity index (χ4v) is 5.57. The Balaban J connectivity index is 1.76. The third-order valence-corrected chi connectivity index (χ3v) is 8.10. The van der Waals surface area contributed by atoms with Crippen molar-refractivity contribution in [2.75, 3.05) is 31.1 Å². The van der Waals surface area contributed by atoms with Gasteiger partial charge in [0.2, 0.25) is 5.78 Å². The van der Waals surface area contributed by atoms with Crippen molar-refractivity contribution in [3.8, 4) is 0 Å². The van der Waals surface area contributed by atoms with Crippen LogP contribution in [0.15, 0.2) is 65.5 Å². The molecule has 0 saturated heterocycles. The smallest absolute Gasteiger partial charge is 0.201 e. The van der Waals surface area contributed by atoms with Crippen LogP contribution in [0.3, 0.4) is 0 Å². The quantitative estimate of drug-likeness (QED) is 0.114. The van der Waals surface area contributed by atoms with Crippen LogP contribution in [0, 0.1) is 0 Å². The number of hydrogen-bond acceptors (Lipinski definition) is 3. The molecule has 0 unspecified atom stereocenters. The van der Waals surface area contributed by atoms with Crippen LogP contribution in [0.4, 0.5) is 5.69 Å². The molecule has 0 spiro atoms. The molecule has 0 aliphatic heterocycles. The molecule has 0 aromatic heterocycles. The number of allylic oxidation sites excluding steroid dienone is 7. The number of Topliss-reactive ketones (excluding diaryl/α,β-unsaturated/α-hetero) is 1. The van der Waals surface area contributed by atoms with E-state index in [4.69, 9.17) is 0 Å². The zero-order valence-corrected chi connectivity index (χ0v) is 25.7. The number of ketones is 1. The zero-order chi connectivity index (χ0) is 28.7. The molecule has 0 bridgehead atoms. The van der Waals surface area contributed by atoms with Crippen molar-refractivity contribution >= 4 is 22.8 Å². The Hall–Kier alpha value is -2.88. The van der Waals surface area contributed by atoms with Gasteiger partial charge in [-0.05, 0) is 61.1 Å². The van der Waals surface area contributed by atoms with Crippen molar-refractivity contribution in [3.05, 3.63) is 71.0 Å². The molecule has 0 saturated carbocycles. The predicted octanol–water partition coefficient (Wildman–Crippen LogP) is 8.98. The third kappa shape index (κ3) is 8.56. The van der Waals surface area contributed by atoms with Crippen LogP contribution in [-0.2, 0) is 4.79 Å². The second kappa shape index (κ2) is 17.0. The summed E-state index contributed by atoms with van der Waals surface area (Å²) in [6.07, 6.45) is 22.8. The number of aliphatic hydroxyl groups is 1. The van der Waals surface area contributed by atoms with E-state index >= 15 is 0 Å². The highest BCUT2D eigenvalue weighted by Crippen LogP contribution is 2.39. The molecule has 0 amide bonds. The molecule has 0 atom stereocenters. The molecule has 3 rings (SSSR count). The van der Waals surface area contributed by atoms with Gasteiger partial charge in [0.25, 0.3) is 0 Å². The van der Waals surface area contributed by atoms with Crippen LogP contribution in [0.1, 0.15) is 110 Å². The van der Waals surface area contributed by atoms with Gasteiger partial charge in [0.05, 0.1) is 11.1 Å². The first-order valence-corrected chi connectivity index (χ1v) is 16.1. The van der Waals surface area contributed by atoms with Crippen molar-refractivity contribution in [2.45, 2.75) is 105 Å². The largest absolute Gasteiger partial charge is 0.506 e. The number of carbonyl (C=O) groups excluding carboxylic acids is 1. The van der Waals surface area contributed by atoms with Crippen LogP contribution >= 0.6 is 0 Å². The van der Waals surface area contributed by atoms with Gasteiger partial charge in [-0.25, -0.2) is 4.58 Å². The van der Waals surface area contributed by atoms with Crippen LogP contribution in [0.2, 0.25) is 0 Å². The molecular weight excluding hydrogens is 492 g/mol. The minimum atomic E-state index is -0.0662. The average molecular weight is 546 g/mol. The molecule has 0 radical (unpaired) electrons. The maximum Gasteiger partial charge on any atom is 0.201 e. The normalized spacial score (nSPS) is 14.8. The van der Waals surface area contributed by atoms with Crippen LogP contribution in [0.25, 0.3) is 5.57 Å². The fourth-order valence-electron chi connectivity index (χ4n) is 5.57. The van der Waals surface area contributed by atoms with Crippen LogP contribution < -0.4 is 4.90 Å². The number of benzene rings is 1. The van der Waals surface area contributed by atoms with Gasteiger partial charge in [-0.1, -0.05) is 78.4 Å². The lowest BCUT2D eigenvalue weighted by Gasteiger charge is -2.26. The molecule has 1 N–H and O–H groups in total. The zero-order valence-electron chi connectivity index (χ0n) is 25.7. The first-order valence-electron chi connectivity index (χ1n) is 16.1. The second-order valence-corrected chi connectivity index (χ2v) is 11.3. The minimum absolute atomic E-state index is 0.0662. The highest BCUT2D eigenvalue weighted by molar-refractivity contribution is 6.39. The lowest BCUT2D eigenvalue weighted by atomic mass is 9.80. The SMILES string of the molecule is CCCCCN(CCCCC)c1ccc(C2=C(O)C(=C3C=CC(=[N+](CCCCC)CCCCC)C=C3)C2=O)cc1. The molecule has 2 aliphatic rings. The van der Waals surface area contributed by atoms with Gasteiger partial charge in [-0.2, -0.15) is 0 Å². The number of anilines is 1. The first kappa shape index (κ1) is 31.6. The van der Waals surface area contributed by atoms with Crippen molar-refractivity contribution in [3.63, 3.8) is 0 Å². The highest BCUT2D eigenvalue weighted by Gasteiger charge is 2.36. The minimum Gasteiger partial charge on any atom is -0.506 e. The van der Waals surface area contributed by atoms with Crippen molar-refractivity contribution in [2.24, 2.45) is 0 Å². The number of carbonyl (C=O) groups is 1. The van der Waals surface area contributed by atoms with Crippen molar-refractivity contribution in [1.82, 2.24) is 0 Å². The number of unbranched alkanes of at least 4 members (excludes halogenated alkanes) is 8. The van der Waals surface area contributed by atoms with E-state index in [1.54, 1.807) is 0 Å². The molecule has 4 nitrogen and oxygen atoms in total. The van der Waals surface area contributed by atoms with Gasteiger partial charge in [0.15, 0.2) is 5.71 Å². The molecule has 218 valence electrons. The van der Waals surface area contributed by atoms with Gasteiger partial charge < -0.3 is 10.0 Å². The first-order chi connectivity index (χ1) is 19.5. The fraction of sp³-hybridized carbons (Fsp3) is 0.556. The predicted molar refractivity (Wildman–Crippen MR) is 172 cm³/mol. The Bertz CT molecular complexity index is 1080. The lowest BCUT2D eigenvalue weighted by molar-refractivity contribution is -0.527. The van der Waals surface area contributed by atoms with E-state index in [9.17, 15) is 9.90 Å². The maximum atomic E-state index is 13.2. The molecule has 2 aliphatic carbocycles. The summed E-state index contributed by atoms with van der Waals surface area (Å²) in [5.41, 5.74) is 4.87. The summed E-state index contributed by atoms with van der Waals surface area (Å²) < 4.78 is 2.47. The van der Waals surface area contributed by atoms with E-state index in [2.05, 4.69) is 61.5 Å². The van der Waals surface area contributed by atoms with E-state index in [-0.39, 0.29) is 11.5 Å². The summed E-state index contributed by atoms with van der Waals surface area (Å²) in [7, 11) is 0. The summed E-state index contributed by atoms with van der Waals surface area (Å²) >= 11 is 0. The maximum absolute atomic E-state index is 13.2. The lowest BCUT2D eigenvalue weighted by Crippen LogP contribution is -2.26. The van der Waals surface area contributed by atoms with E-state index < -0.39 is 0 Å². The molecular formula is C36H53N2O2+. The number of hydrogen-bond donors (Lipinski definition) is 1. The van der Waals surface area contributed by atoms with E-state index in [1.807, 2.05) is 24.3 Å². The third-order valence-electron chi connectivity index (χ3n) is 8.10. The summed E-state index contributed by atoms with van der Waals surface area (Å²) in [5, 5.41) is 11.0. The van der Waals surface area contributed by atoms with E-state index in [0.717, 1.165) is 37.3 Å². The standard InChI is InChI=1S/C36H52N2O2/c1-5-9-13-25-37(26-14-10-6-2)31-21-17-29(18-22-31)33-35(39)34(36(33)40)30-19-23-32(24-20-30)38(27-15-11-7-3)28-16-12-8-4/h17-24H,5-16,25-28H2,1-4H3/p+1. The topological polar surface area (TPSA) is 43.5 Å². The molecule has 40 heavy (non-hydrogen) atoms. The van der Waals surface area contributed by atoms with E-state index in [0.29, 0.717) is 11.1 Å². The van der Waals surface area contributed by atoms with Gasteiger partial charge >= 0.3 is 0 Å². The number of aliphatic hydroxyl groups excluding tert-OH is 1. The van der Waals surface area contributed by atoms with Crippen molar-refractivity contribution in [1.29, 1.82) is 0 Å². The highest BCUT2D eigenvalue weighted by atomic mass is 16.3. The van der Waals surface area contributed by atoms with Gasteiger partial charge in [0.1, 0.15) is 18.8 Å². The number of nitrogens with zero attached hydrogens (tertiary/aromatic N) is 2. The molecule has 1 aromatic carbocycles. The summed E-state index contributed by atoms with van der Waals surface area (Å²) in [6, 6.07) is 8.21. The van der Waals surface area contributed by atoms with E-state index in [1.165, 1.54) is 88.4 Å². The summed E-state index contributed by atoms with van der Waals surface area (Å²) in [4.78, 5) is 15.7. The van der Waals surface area contributed by atoms with Gasteiger partial charge in [0, 0.05) is 43.8 Å². The Labute approximate surface area is 243 Å². The average Bonchev–Trinajstić information content (AvgIpc) is 2.97. The number of rotatable bonds is 18. The Morgan fingerprint density at radius 2 is 1.15 bits per heavy atom. The summed E-state index contributed by atoms with van der Waals surface area (Å²) in [5.74, 6) is 0.0551. The summed E-state index contributed by atoms with van der Waals surface area (Å²) in [6.45, 7) is 13.2. The second-order valence-electron chi connectivity index (χ2n) is 11.3. The Morgan fingerprint density at radius 3 is 1.62 bits per heavy atom. The van der Waals surface area contributed by atoms with Crippen LogP contribution in [0.5, 0.6) is 0 Å². The molecule has 0 fully saturated rings. The monoisotopic (exact) mass is 545 g/mol. The molecule has 0 heterocycles. The van der Waals surface area contributed by atoms with Gasteiger partial charge in [-0.3, -0.25) is 4.79 Å².